The summed E-state index contributed by atoms with van der Waals surface area (Å²) >= 11 is 0. The normalized spacial score (nSPS) is 14.5. The molecule has 2 heteroatoms. The summed E-state index contributed by atoms with van der Waals surface area (Å²) in [6, 6.07) is 59.6. The van der Waals surface area contributed by atoms with Gasteiger partial charge in [-0.15, -0.1) is 0 Å². The number of rotatable bonds is 6. The number of hydrogen-bond donors (Lipinski definition) is 0. The Morgan fingerprint density at radius 3 is 1.83 bits per heavy atom. The molecule has 7 aromatic carbocycles. The highest BCUT2D eigenvalue weighted by Gasteiger charge is 2.53. The molecular weight excluding hydrogens is 631 g/mol. The summed E-state index contributed by atoms with van der Waals surface area (Å²) in [5.74, 6) is 0. The maximum atomic E-state index is 6.47. The van der Waals surface area contributed by atoms with Gasteiger partial charge in [0, 0.05) is 39.3 Å². The van der Waals surface area contributed by atoms with Crippen LogP contribution in [0.4, 0.5) is 11.4 Å². The fraction of sp³-hybridized carbons (Fsp3) is 0.0800. The van der Waals surface area contributed by atoms with Gasteiger partial charge in [0.25, 0.3) is 0 Å². The third-order valence-electron chi connectivity index (χ3n) is 11.3. The first-order valence-electron chi connectivity index (χ1n) is 18.2. The first-order valence-corrected chi connectivity index (χ1v) is 18.2. The Labute approximate surface area is 304 Å². The number of hydrogen-bond acceptors (Lipinski definition) is 2. The second-order valence-corrected chi connectivity index (χ2v) is 13.9. The molecule has 2 nitrogen and oxygen atoms in total. The molecule has 2 aliphatic rings. The average molecular weight is 668 g/mol. The first-order chi connectivity index (χ1) is 25.7. The summed E-state index contributed by atoms with van der Waals surface area (Å²) in [7, 11) is 0. The lowest BCUT2D eigenvalue weighted by Crippen LogP contribution is -2.32. The van der Waals surface area contributed by atoms with Crippen molar-refractivity contribution in [3.05, 3.63) is 210 Å². The Hall–Kier alpha value is -6.38. The number of para-hydroxylation sites is 3. The topological polar surface area (TPSA) is 16.4 Å². The van der Waals surface area contributed by atoms with Crippen LogP contribution in [-0.4, -0.2) is 6.04 Å². The van der Waals surface area contributed by atoms with Gasteiger partial charge in [-0.3, -0.25) is 0 Å². The third kappa shape index (κ3) is 4.25. The van der Waals surface area contributed by atoms with Crippen molar-refractivity contribution in [1.29, 1.82) is 0 Å². The van der Waals surface area contributed by atoms with Crippen LogP contribution < -0.4 is 4.90 Å². The van der Waals surface area contributed by atoms with Gasteiger partial charge in [-0.1, -0.05) is 158 Å². The highest BCUT2D eigenvalue weighted by molar-refractivity contribution is 6.08. The van der Waals surface area contributed by atoms with Gasteiger partial charge < -0.3 is 9.32 Å². The predicted octanol–water partition coefficient (Wildman–Crippen LogP) is 13.1. The molecule has 2 aliphatic carbocycles. The van der Waals surface area contributed by atoms with Gasteiger partial charge in [0.15, 0.2) is 0 Å². The SMILES string of the molecule is C/C=C(\C=C/C(C)N(c1ccccc1)c1cccc2c1C1(c3ccccc3-c3ccccc31)c1ccccc1-2)c1cccc2c1oc1ccccc12. The molecule has 52 heavy (non-hydrogen) atoms. The van der Waals surface area contributed by atoms with Crippen LogP contribution in [0.15, 0.2) is 186 Å². The second kappa shape index (κ2) is 11.9. The molecule has 248 valence electrons. The van der Waals surface area contributed by atoms with Crippen molar-refractivity contribution in [3.63, 3.8) is 0 Å². The number of allylic oxidation sites excluding steroid dienone is 3. The lowest BCUT2D eigenvalue weighted by atomic mass is 9.70. The molecule has 1 heterocycles. The largest absolute Gasteiger partial charge is 0.455 e. The molecule has 10 rings (SSSR count). The Kier molecular flexibility index (Phi) is 6.94. The Bertz CT molecular complexity index is 2660. The van der Waals surface area contributed by atoms with Crippen LogP contribution in [0.1, 0.15) is 41.7 Å². The van der Waals surface area contributed by atoms with Crippen molar-refractivity contribution < 1.29 is 4.42 Å². The lowest BCUT2D eigenvalue weighted by molar-refractivity contribution is 0.668. The zero-order valence-electron chi connectivity index (χ0n) is 29.3. The van der Waals surface area contributed by atoms with Crippen LogP contribution in [0.2, 0.25) is 0 Å². The molecule has 0 bridgehead atoms. The van der Waals surface area contributed by atoms with Crippen molar-refractivity contribution in [1.82, 2.24) is 0 Å². The maximum Gasteiger partial charge on any atom is 0.143 e. The van der Waals surface area contributed by atoms with Crippen LogP contribution in [-0.2, 0) is 5.41 Å². The Morgan fingerprint density at radius 1 is 0.577 bits per heavy atom. The quantitative estimate of drug-likeness (QED) is 0.164. The maximum absolute atomic E-state index is 6.47. The van der Waals surface area contributed by atoms with Gasteiger partial charge in [0.1, 0.15) is 11.2 Å². The van der Waals surface area contributed by atoms with Crippen molar-refractivity contribution >= 4 is 38.9 Å². The fourth-order valence-corrected chi connectivity index (χ4v) is 9.16. The Balaban J connectivity index is 1.17. The summed E-state index contributed by atoms with van der Waals surface area (Å²) in [6.45, 7) is 4.42. The summed E-state index contributed by atoms with van der Waals surface area (Å²) in [6.07, 6.45) is 6.81. The third-order valence-corrected chi connectivity index (χ3v) is 11.3. The van der Waals surface area contributed by atoms with Gasteiger partial charge >= 0.3 is 0 Å². The van der Waals surface area contributed by atoms with E-state index >= 15 is 0 Å². The van der Waals surface area contributed by atoms with Crippen LogP contribution in [0.3, 0.4) is 0 Å². The van der Waals surface area contributed by atoms with E-state index in [4.69, 9.17) is 4.42 Å². The minimum atomic E-state index is -0.447. The molecule has 1 spiro atoms. The Morgan fingerprint density at radius 2 is 1.13 bits per heavy atom. The monoisotopic (exact) mass is 667 g/mol. The van der Waals surface area contributed by atoms with Crippen LogP contribution in [0.25, 0.3) is 49.8 Å². The number of nitrogens with zero attached hydrogens (tertiary/aromatic N) is 1. The van der Waals surface area contributed by atoms with Crippen molar-refractivity contribution in [3.8, 4) is 22.3 Å². The van der Waals surface area contributed by atoms with Crippen LogP contribution in [0, 0.1) is 0 Å². The lowest BCUT2D eigenvalue weighted by Gasteiger charge is -2.37. The van der Waals surface area contributed by atoms with Crippen LogP contribution >= 0.6 is 0 Å². The highest BCUT2D eigenvalue weighted by atomic mass is 16.3. The minimum Gasteiger partial charge on any atom is -0.455 e. The van der Waals surface area contributed by atoms with E-state index in [0.29, 0.717) is 0 Å². The molecule has 0 N–H and O–H groups in total. The van der Waals surface area contributed by atoms with Gasteiger partial charge in [0.05, 0.1) is 5.41 Å². The zero-order chi connectivity index (χ0) is 34.8. The number of anilines is 2. The summed E-state index contributed by atoms with van der Waals surface area (Å²) in [5, 5.41) is 2.28. The first kappa shape index (κ1) is 30.4. The van der Waals surface area contributed by atoms with E-state index < -0.39 is 5.41 Å². The van der Waals surface area contributed by atoms with E-state index in [1.165, 1.54) is 50.2 Å². The minimum absolute atomic E-state index is 0.00591. The summed E-state index contributed by atoms with van der Waals surface area (Å²) < 4.78 is 6.47. The fourth-order valence-electron chi connectivity index (χ4n) is 9.16. The van der Waals surface area contributed by atoms with Crippen molar-refractivity contribution in [2.24, 2.45) is 0 Å². The molecule has 0 saturated carbocycles. The molecule has 0 fully saturated rings. The molecule has 1 aromatic heterocycles. The smallest absolute Gasteiger partial charge is 0.143 e. The second-order valence-electron chi connectivity index (χ2n) is 13.9. The van der Waals surface area contributed by atoms with Crippen LogP contribution in [0.5, 0.6) is 0 Å². The molecule has 0 saturated heterocycles. The van der Waals surface area contributed by atoms with E-state index in [1.807, 2.05) is 6.07 Å². The summed E-state index contributed by atoms with van der Waals surface area (Å²) in [4.78, 5) is 2.53. The standard InChI is InChI=1S/C50H37NO/c1-3-34(36-23-15-25-42-40-22-10-14-30-47(40)52-49(36)42)32-31-33(2)51(35-17-5-4-6-18-35)46-29-16-24-41-39-21-9-13-28-45(39)50(48(41)46)43-26-11-7-19-37(43)38-20-8-12-27-44(38)50/h3-33H,1-2H3/b32-31-,34-3+. The van der Waals surface area contributed by atoms with E-state index in [2.05, 4.69) is 195 Å². The molecular formula is C50H37NO. The predicted molar refractivity (Wildman–Crippen MR) is 217 cm³/mol. The van der Waals surface area contributed by atoms with Gasteiger partial charge in [-0.05, 0) is 82.6 Å². The van der Waals surface area contributed by atoms with E-state index in [-0.39, 0.29) is 6.04 Å². The molecule has 0 amide bonds. The van der Waals surface area contributed by atoms with E-state index in [0.717, 1.165) is 38.8 Å². The molecule has 0 radical (unpaired) electrons. The number of fused-ring (bicyclic) bond motifs is 13. The van der Waals surface area contributed by atoms with Crippen molar-refractivity contribution in [2.45, 2.75) is 25.3 Å². The molecule has 1 atom stereocenters. The number of benzene rings is 7. The van der Waals surface area contributed by atoms with E-state index in [1.54, 1.807) is 0 Å². The average Bonchev–Trinajstić information content (AvgIpc) is 3.84. The van der Waals surface area contributed by atoms with Gasteiger partial charge in [-0.2, -0.15) is 0 Å². The molecule has 8 aromatic rings. The summed E-state index contributed by atoms with van der Waals surface area (Å²) in [5.41, 5.74) is 16.6. The number of furan rings is 1. The zero-order valence-corrected chi connectivity index (χ0v) is 29.3. The molecule has 1 unspecified atom stereocenters. The van der Waals surface area contributed by atoms with E-state index in [9.17, 15) is 0 Å². The van der Waals surface area contributed by atoms with Gasteiger partial charge in [-0.25, -0.2) is 0 Å². The van der Waals surface area contributed by atoms with Gasteiger partial charge in [0.2, 0.25) is 0 Å². The highest BCUT2D eigenvalue weighted by Crippen LogP contribution is 2.65. The van der Waals surface area contributed by atoms with Crippen molar-refractivity contribution in [2.75, 3.05) is 4.90 Å². The molecule has 0 aliphatic heterocycles.